The van der Waals surface area contributed by atoms with Gasteiger partial charge in [0.05, 0.1) is 4.88 Å². The van der Waals surface area contributed by atoms with Crippen LogP contribution in [0.4, 0.5) is 0 Å². The summed E-state index contributed by atoms with van der Waals surface area (Å²) >= 11 is 1.35. The van der Waals surface area contributed by atoms with Crippen molar-refractivity contribution in [3.63, 3.8) is 0 Å². The average molecular weight is 331 g/mol. The largest absolute Gasteiger partial charge is 0.453 e. The van der Waals surface area contributed by atoms with Crippen molar-refractivity contribution in [3.05, 3.63) is 57.8 Å². The van der Waals surface area contributed by atoms with Gasteiger partial charge in [-0.3, -0.25) is 14.4 Å². The zero-order valence-electron chi connectivity index (χ0n) is 12.9. The predicted molar refractivity (Wildman–Crippen MR) is 87.7 cm³/mol. The van der Waals surface area contributed by atoms with Crippen molar-refractivity contribution in [2.45, 2.75) is 20.0 Å². The van der Waals surface area contributed by atoms with E-state index >= 15 is 0 Å². The van der Waals surface area contributed by atoms with Gasteiger partial charge in [0.1, 0.15) is 6.54 Å². The van der Waals surface area contributed by atoms with E-state index in [4.69, 9.17) is 4.74 Å². The minimum absolute atomic E-state index is 0.276. The maximum atomic E-state index is 12.1. The van der Waals surface area contributed by atoms with E-state index in [1.54, 1.807) is 36.4 Å². The molecule has 1 unspecified atom stereocenters. The van der Waals surface area contributed by atoms with Gasteiger partial charge in [-0.1, -0.05) is 30.3 Å². The number of carbonyl (C=O) groups is 3. The zero-order valence-corrected chi connectivity index (χ0v) is 13.7. The smallest absolute Gasteiger partial charge is 0.326 e. The second-order valence-electron chi connectivity index (χ2n) is 4.96. The van der Waals surface area contributed by atoms with Gasteiger partial charge < -0.3 is 10.1 Å². The Kier molecular flexibility index (Phi) is 5.65. The van der Waals surface area contributed by atoms with E-state index in [2.05, 4.69) is 5.32 Å². The first-order valence-corrected chi connectivity index (χ1v) is 7.92. The number of amides is 1. The highest BCUT2D eigenvalue weighted by molar-refractivity contribution is 7.13. The molecule has 0 saturated heterocycles. The molecule has 1 aromatic carbocycles. The summed E-state index contributed by atoms with van der Waals surface area (Å²) in [6.07, 6.45) is -0.897. The molecule has 5 nitrogen and oxygen atoms in total. The van der Waals surface area contributed by atoms with Crippen LogP contribution in [0.1, 0.15) is 31.8 Å². The lowest BCUT2D eigenvalue weighted by atomic mass is 10.1. The Morgan fingerprint density at radius 2 is 1.83 bits per heavy atom. The van der Waals surface area contributed by atoms with E-state index in [9.17, 15) is 14.4 Å². The van der Waals surface area contributed by atoms with Gasteiger partial charge in [-0.05, 0) is 26.0 Å². The van der Waals surface area contributed by atoms with Crippen molar-refractivity contribution in [3.8, 4) is 0 Å². The standard InChI is InChI=1S/C17H17NO4S/c1-11-8-9-14(23-11)17(21)18-10-15(19)22-12(2)16(20)13-6-4-3-5-7-13/h3-9,12H,10H2,1-2H3,(H,18,21). The predicted octanol–water partition coefficient (Wildman–Crippen LogP) is 2.60. The average Bonchev–Trinajstić information content (AvgIpc) is 2.99. The minimum Gasteiger partial charge on any atom is -0.453 e. The molecular weight excluding hydrogens is 314 g/mol. The normalized spacial score (nSPS) is 11.6. The number of hydrogen-bond donors (Lipinski definition) is 1. The van der Waals surface area contributed by atoms with E-state index in [-0.39, 0.29) is 18.2 Å². The maximum Gasteiger partial charge on any atom is 0.326 e. The third kappa shape index (κ3) is 4.75. The van der Waals surface area contributed by atoms with Gasteiger partial charge >= 0.3 is 5.97 Å². The molecule has 0 fully saturated rings. The van der Waals surface area contributed by atoms with Gasteiger partial charge in [0, 0.05) is 10.4 Å². The van der Waals surface area contributed by atoms with Crippen molar-refractivity contribution in [2.24, 2.45) is 0 Å². The van der Waals surface area contributed by atoms with E-state index in [1.165, 1.54) is 18.3 Å². The summed E-state index contributed by atoms with van der Waals surface area (Å²) in [4.78, 5) is 37.2. The number of esters is 1. The van der Waals surface area contributed by atoms with Gasteiger partial charge in [0.25, 0.3) is 5.91 Å². The van der Waals surface area contributed by atoms with Crippen LogP contribution in [0.3, 0.4) is 0 Å². The van der Waals surface area contributed by atoms with E-state index in [0.717, 1.165) is 4.88 Å². The molecule has 23 heavy (non-hydrogen) atoms. The Balaban J connectivity index is 1.82. The van der Waals surface area contributed by atoms with Gasteiger partial charge in [0.2, 0.25) is 5.78 Å². The number of rotatable bonds is 6. The third-order valence-electron chi connectivity index (χ3n) is 3.09. The summed E-state index contributed by atoms with van der Waals surface area (Å²) in [7, 11) is 0. The molecule has 0 bridgehead atoms. The molecule has 2 aromatic rings. The molecule has 0 aliphatic carbocycles. The molecule has 1 amide bonds. The zero-order chi connectivity index (χ0) is 16.8. The first-order valence-electron chi connectivity index (χ1n) is 7.10. The monoisotopic (exact) mass is 331 g/mol. The summed E-state index contributed by atoms with van der Waals surface area (Å²) in [5, 5.41) is 2.48. The number of benzene rings is 1. The topological polar surface area (TPSA) is 72.5 Å². The van der Waals surface area contributed by atoms with Crippen LogP contribution in [0.5, 0.6) is 0 Å². The summed E-state index contributed by atoms with van der Waals surface area (Å²) in [6.45, 7) is 3.13. The van der Waals surface area contributed by atoms with E-state index < -0.39 is 12.1 Å². The molecule has 0 aliphatic rings. The Bertz CT molecular complexity index is 708. The number of nitrogens with one attached hydrogen (secondary N) is 1. The van der Waals surface area contributed by atoms with Crippen LogP contribution in [-0.2, 0) is 9.53 Å². The molecule has 1 heterocycles. The lowest BCUT2D eigenvalue weighted by Gasteiger charge is -2.12. The molecule has 1 atom stereocenters. The first kappa shape index (κ1) is 16.9. The highest BCUT2D eigenvalue weighted by atomic mass is 32.1. The van der Waals surface area contributed by atoms with Crippen LogP contribution in [0.2, 0.25) is 0 Å². The minimum atomic E-state index is -0.897. The van der Waals surface area contributed by atoms with Crippen LogP contribution in [-0.4, -0.2) is 30.3 Å². The number of hydrogen-bond acceptors (Lipinski definition) is 5. The number of aryl methyl sites for hydroxylation is 1. The molecule has 6 heteroatoms. The van der Waals surface area contributed by atoms with Crippen LogP contribution >= 0.6 is 11.3 Å². The van der Waals surface area contributed by atoms with E-state index in [1.807, 2.05) is 13.0 Å². The SMILES string of the molecule is Cc1ccc(C(=O)NCC(=O)OC(C)C(=O)c2ccccc2)s1. The fourth-order valence-electron chi connectivity index (χ4n) is 1.93. The summed E-state index contributed by atoms with van der Waals surface area (Å²) in [5.41, 5.74) is 0.478. The van der Waals surface area contributed by atoms with Gasteiger partial charge in [-0.25, -0.2) is 0 Å². The molecule has 0 aliphatic heterocycles. The quantitative estimate of drug-likeness (QED) is 0.652. The van der Waals surface area contributed by atoms with Crippen molar-refractivity contribution in [1.82, 2.24) is 5.32 Å². The van der Waals surface area contributed by atoms with Gasteiger partial charge in [-0.15, -0.1) is 11.3 Å². The number of ketones is 1. The molecule has 0 spiro atoms. The number of thiophene rings is 1. The van der Waals surface area contributed by atoms with Crippen LogP contribution in [0, 0.1) is 6.92 Å². The van der Waals surface area contributed by atoms with Crippen LogP contribution in [0.15, 0.2) is 42.5 Å². The lowest BCUT2D eigenvalue weighted by molar-refractivity contribution is -0.145. The summed E-state index contributed by atoms with van der Waals surface area (Å²) < 4.78 is 5.06. The van der Waals surface area contributed by atoms with Crippen molar-refractivity contribution < 1.29 is 19.1 Å². The number of ether oxygens (including phenoxy) is 1. The lowest BCUT2D eigenvalue weighted by Crippen LogP contribution is -2.33. The fourth-order valence-corrected chi connectivity index (χ4v) is 2.71. The third-order valence-corrected chi connectivity index (χ3v) is 4.09. The van der Waals surface area contributed by atoms with Crippen molar-refractivity contribution in [1.29, 1.82) is 0 Å². The Morgan fingerprint density at radius 1 is 1.13 bits per heavy atom. The number of carbonyl (C=O) groups excluding carboxylic acids is 3. The Morgan fingerprint density at radius 3 is 2.43 bits per heavy atom. The molecule has 0 saturated carbocycles. The summed E-state index contributed by atoms with van der Waals surface area (Å²) in [5.74, 6) is -1.26. The first-order chi connectivity index (χ1) is 11.0. The van der Waals surface area contributed by atoms with Gasteiger partial charge in [-0.2, -0.15) is 0 Å². The molecule has 0 radical (unpaired) electrons. The maximum absolute atomic E-state index is 12.1. The van der Waals surface area contributed by atoms with E-state index in [0.29, 0.717) is 10.4 Å². The second-order valence-corrected chi connectivity index (χ2v) is 6.24. The summed E-state index contributed by atoms with van der Waals surface area (Å²) in [6, 6.07) is 12.1. The van der Waals surface area contributed by atoms with Crippen molar-refractivity contribution in [2.75, 3.05) is 6.54 Å². The number of Topliss-reactive ketones (excluding diaryl/α,β-unsaturated/α-hetero) is 1. The second kappa shape index (κ2) is 7.69. The van der Waals surface area contributed by atoms with Crippen molar-refractivity contribution >= 4 is 29.0 Å². The molecule has 120 valence electrons. The fraction of sp³-hybridized carbons (Fsp3) is 0.235. The molecule has 1 N–H and O–H groups in total. The molecule has 2 rings (SSSR count). The van der Waals surface area contributed by atoms with Gasteiger partial charge in [0.15, 0.2) is 6.10 Å². The van der Waals surface area contributed by atoms with Crippen LogP contribution < -0.4 is 5.32 Å². The highest BCUT2D eigenvalue weighted by Gasteiger charge is 2.19. The molecule has 1 aromatic heterocycles. The highest BCUT2D eigenvalue weighted by Crippen LogP contribution is 2.14. The molecular formula is C17H17NO4S. The Labute approximate surface area is 138 Å². The van der Waals surface area contributed by atoms with Crippen LogP contribution in [0.25, 0.3) is 0 Å². The Hall–Kier alpha value is -2.47.